The van der Waals surface area contributed by atoms with Gasteiger partial charge < -0.3 is 14.4 Å². The molecule has 0 saturated heterocycles. The molecule has 0 spiro atoms. The summed E-state index contributed by atoms with van der Waals surface area (Å²) in [6.07, 6.45) is 4.21. The van der Waals surface area contributed by atoms with Gasteiger partial charge in [0.05, 0.1) is 18.2 Å². The fourth-order valence-electron chi connectivity index (χ4n) is 4.19. The number of ether oxygens (including phenoxy) is 2. The van der Waals surface area contributed by atoms with Crippen molar-refractivity contribution in [3.8, 4) is 22.6 Å². The van der Waals surface area contributed by atoms with Gasteiger partial charge in [-0.2, -0.15) is 0 Å². The first-order chi connectivity index (χ1) is 12.0. The van der Waals surface area contributed by atoms with E-state index in [0.29, 0.717) is 6.61 Å². The quantitative estimate of drug-likeness (QED) is 0.734. The van der Waals surface area contributed by atoms with Gasteiger partial charge in [-0.15, -0.1) is 0 Å². The summed E-state index contributed by atoms with van der Waals surface area (Å²) in [7, 11) is 1.70. The Kier molecular flexibility index (Phi) is 3.43. The second kappa shape index (κ2) is 5.41. The van der Waals surface area contributed by atoms with Crippen LogP contribution in [0.5, 0.6) is 11.5 Å². The summed E-state index contributed by atoms with van der Waals surface area (Å²) in [5.41, 5.74) is 7.04. The van der Waals surface area contributed by atoms with Crippen LogP contribution in [-0.4, -0.2) is 12.6 Å². The Hall–Kier alpha value is -2.68. The predicted octanol–water partition coefficient (Wildman–Crippen LogP) is 5.40. The summed E-state index contributed by atoms with van der Waals surface area (Å²) in [6, 6.07) is 10.3. The van der Waals surface area contributed by atoms with Crippen LogP contribution in [0.4, 0.5) is 5.69 Å². The van der Waals surface area contributed by atoms with Crippen LogP contribution in [-0.2, 0) is 6.61 Å². The lowest BCUT2D eigenvalue weighted by Gasteiger charge is -2.42. The highest BCUT2D eigenvalue weighted by Gasteiger charge is 2.33. The first-order valence-electron chi connectivity index (χ1n) is 8.55. The van der Waals surface area contributed by atoms with Crippen LogP contribution < -0.4 is 14.4 Å². The molecule has 0 atom stereocenters. The molecular formula is C22H23NO2. The van der Waals surface area contributed by atoms with E-state index >= 15 is 0 Å². The molecule has 0 bridgehead atoms. The smallest absolute Gasteiger partial charge is 0.131 e. The molecular weight excluding hydrogens is 310 g/mol. The zero-order valence-corrected chi connectivity index (χ0v) is 15.2. The zero-order chi connectivity index (χ0) is 17.8. The van der Waals surface area contributed by atoms with Gasteiger partial charge in [-0.1, -0.05) is 24.8 Å². The molecule has 0 N–H and O–H groups in total. The lowest BCUT2D eigenvalue weighted by Crippen LogP contribution is -2.41. The van der Waals surface area contributed by atoms with Crippen molar-refractivity contribution in [3.63, 3.8) is 0 Å². The number of methoxy groups -OCH3 is 1. The zero-order valence-electron chi connectivity index (χ0n) is 15.2. The first-order valence-corrected chi connectivity index (χ1v) is 8.55. The number of anilines is 1. The van der Waals surface area contributed by atoms with E-state index in [-0.39, 0.29) is 5.54 Å². The maximum atomic E-state index is 6.08. The largest absolute Gasteiger partial charge is 0.496 e. The van der Waals surface area contributed by atoms with Gasteiger partial charge in [0.25, 0.3) is 0 Å². The monoisotopic (exact) mass is 333 g/mol. The minimum absolute atomic E-state index is 0.0990. The van der Waals surface area contributed by atoms with Crippen molar-refractivity contribution in [2.24, 2.45) is 0 Å². The Morgan fingerprint density at radius 3 is 2.72 bits per heavy atom. The fraction of sp³-hybridized carbons (Fsp3) is 0.273. The molecule has 0 amide bonds. The van der Waals surface area contributed by atoms with Gasteiger partial charge in [0, 0.05) is 16.8 Å². The number of allylic oxidation sites excluding steroid dienone is 1. The van der Waals surface area contributed by atoms with E-state index in [1.807, 2.05) is 24.4 Å². The average Bonchev–Trinajstić information content (AvgIpc) is 2.59. The van der Waals surface area contributed by atoms with Crippen LogP contribution in [0.2, 0.25) is 0 Å². The Balaban J connectivity index is 2.01. The van der Waals surface area contributed by atoms with E-state index in [0.717, 1.165) is 17.1 Å². The first kappa shape index (κ1) is 15.8. The summed E-state index contributed by atoms with van der Waals surface area (Å²) in [6.45, 7) is 11.2. The maximum absolute atomic E-state index is 6.08. The predicted molar refractivity (Wildman–Crippen MR) is 103 cm³/mol. The highest BCUT2D eigenvalue weighted by atomic mass is 16.5. The van der Waals surface area contributed by atoms with Gasteiger partial charge in [0.1, 0.15) is 18.1 Å². The summed E-state index contributed by atoms with van der Waals surface area (Å²) < 4.78 is 11.7. The second-order valence-electron chi connectivity index (χ2n) is 7.14. The van der Waals surface area contributed by atoms with Gasteiger partial charge >= 0.3 is 0 Å². The normalized spacial score (nSPS) is 16.8. The lowest BCUT2D eigenvalue weighted by atomic mass is 9.83. The summed E-state index contributed by atoms with van der Waals surface area (Å²) in [5, 5.41) is 0. The number of nitrogens with zero attached hydrogens (tertiary/aromatic N) is 1. The Morgan fingerprint density at radius 2 is 2.00 bits per heavy atom. The van der Waals surface area contributed by atoms with Crippen LogP contribution in [0.15, 0.2) is 49.2 Å². The van der Waals surface area contributed by atoms with Gasteiger partial charge in [-0.3, -0.25) is 0 Å². The maximum Gasteiger partial charge on any atom is 0.131 e. The van der Waals surface area contributed by atoms with Crippen molar-refractivity contribution in [1.82, 2.24) is 0 Å². The molecule has 2 aromatic carbocycles. The Labute approximate surface area is 149 Å². The fourth-order valence-corrected chi connectivity index (χ4v) is 4.19. The SMILES string of the molecule is C=CN1c2ccc3c(c2C(C)=CC1(C)C)COc1cccc(OC)c1-3. The summed E-state index contributed by atoms with van der Waals surface area (Å²) >= 11 is 0. The van der Waals surface area contributed by atoms with Crippen molar-refractivity contribution >= 4 is 11.3 Å². The second-order valence-corrected chi connectivity index (χ2v) is 7.14. The molecule has 0 aliphatic carbocycles. The minimum Gasteiger partial charge on any atom is -0.496 e. The van der Waals surface area contributed by atoms with Crippen molar-refractivity contribution in [1.29, 1.82) is 0 Å². The van der Waals surface area contributed by atoms with Crippen molar-refractivity contribution in [2.75, 3.05) is 12.0 Å². The van der Waals surface area contributed by atoms with Gasteiger partial charge in [0.15, 0.2) is 0 Å². The molecule has 0 radical (unpaired) electrons. The van der Waals surface area contributed by atoms with Crippen LogP contribution in [0, 0.1) is 0 Å². The standard InChI is InChI=1S/C22H23NO2/c1-6-23-17-11-10-15-16(20(17)14(2)12-22(23,3)4)13-25-19-9-7-8-18(24-5)21(15)19/h6-12H,1,13H2,2-5H3. The number of rotatable bonds is 2. The van der Waals surface area contributed by atoms with Crippen LogP contribution in [0.25, 0.3) is 16.7 Å². The van der Waals surface area contributed by atoms with Crippen molar-refractivity contribution in [2.45, 2.75) is 32.9 Å². The lowest BCUT2D eigenvalue weighted by molar-refractivity contribution is 0.299. The van der Waals surface area contributed by atoms with Gasteiger partial charge in [-0.05, 0) is 56.3 Å². The number of benzene rings is 2. The molecule has 0 saturated carbocycles. The van der Waals surface area contributed by atoms with Crippen molar-refractivity contribution in [3.05, 3.63) is 60.3 Å². The van der Waals surface area contributed by atoms with Crippen molar-refractivity contribution < 1.29 is 9.47 Å². The highest BCUT2D eigenvalue weighted by molar-refractivity contribution is 5.91. The molecule has 0 fully saturated rings. The third-order valence-electron chi connectivity index (χ3n) is 5.17. The molecule has 3 nitrogen and oxygen atoms in total. The van der Waals surface area contributed by atoms with E-state index in [2.05, 4.69) is 50.5 Å². The molecule has 25 heavy (non-hydrogen) atoms. The molecule has 2 heterocycles. The number of fused-ring (bicyclic) bond motifs is 5. The topological polar surface area (TPSA) is 21.7 Å². The number of hydrogen-bond acceptors (Lipinski definition) is 3. The molecule has 4 rings (SSSR count). The van der Waals surface area contributed by atoms with E-state index in [1.165, 1.54) is 28.0 Å². The Morgan fingerprint density at radius 1 is 1.20 bits per heavy atom. The average molecular weight is 333 g/mol. The van der Waals surface area contributed by atoms with Gasteiger partial charge in [-0.25, -0.2) is 0 Å². The van der Waals surface area contributed by atoms with E-state index in [9.17, 15) is 0 Å². The van der Waals surface area contributed by atoms with Crippen LogP contribution >= 0.6 is 0 Å². The molecule has 0 unspecified atom stereocenters. The minimum atomic E-state index is -0.0990. The van der Waals surface area contributed by atoms with Crippen LogP contribution in [0.1, 0.15) is 31.9 Å². The molecule has 0 aromatic heterocycles. The summed E-state index contributed by atoms with van der Waals surface area (Å²) in [4.78, 5) is 2.23. The van der Waals surface area contributed by atoms with E-state index < -0.39 is 0 Å². The third-order valence-corrected chi connectivity index (χ3v) is 5.17. The number of hydrogen-bond donors (Lipinski definition) is 0. The summed E-state index contributed by atoms with van der Waals surface area (Å²) in [5.74, 6) is 1.72. The molecule has 3 heteroatoms. The molecule has 128 valence electrons. The van der Waals surface area contributed by atoms with Crippen LogP contribution in [0.3, 0.4) is 0 Å². The molecule has 2 aliphatic rings. The third kappa shape index (κ3) is 2.19. The van der Waals surface area contributed by atoms with Gasteiger partial charge in [0.2, 0.25) is 0 Å². The highest BCUT2D eigenvalue weighted by Crippen LogP contribution is 2.49. The molecule has 2 aliphatic heterocycles. The molecule has 2 aromatic rings. The van der Waals surface area contributed by atoms with E-state index in [4.69, 9.17) is 9.47 Å². The van der Waals surface area contributed by atoms with E-state index in [1.54, 1.807) is 7.11 Å². The Bertz CT molecular complexity index is 894.